The van der Waals surface area contributed by atoms with Crippen molar-refractivity contribution in [2.75, 3.05) is 39.6 Å². The average molecular weight is 806 g/mol. The number of aliphatic hydroxyl groups is 1. The van der Waals surface area contributed by atoms with Crippen molar-refractivity contribution < 1.29 is 51.6 Å². The summed E-state index contributed by atoms with van der Waals surface area (Å²) in [5, 5.41) is 18.7. The molecule has 2 saturated heterocycles. The van der Waals surface area contributed by atoms with Gasteiger partial charge in [0.1, 0.15) is 23.3 Å². The van der Waals surface area contributed by atoms with Gasteiger partial charge in [-0.15, -0.1) is 24.9 Å². The van der Waals surface area contributed by atoms with E-state index in [1.807, 2.05) is 49.7 Å². The maximum absolute atomic E-state index is 13.8. The third kappa shape index (κ3) is 12.3. The van der Waals surface area contributed by atoms with Crippen LogP contribution in [0.15, 0.2) is 66.9 Å². The summed E-state index contributed by atoms with van der Waals surface area (Å²) >= 11 is 1.60. The van der Waals surface area contributed by atoms with Crippen LogP contribution in [0, 0.1) is 11.3 Å². The zero-order chi connectivity index (χ0) is 40.6. The van der Waals surface area contributed by atoms with Crippen LogP contribution in [0.1, 0.15) is 43.9 Å². The number of amides is 3. The second kappa shape index (κ2) is 18.7. The van der Waals surface area contributed by atoms with Gasteiger partial charge in [-0.05, 0) is 64.9 Å². The van der Waals surface area contributed by atoms with E-state index in [0.29, 0.717) is 17.9 Å². The number of nitrogens with one attached hydrogen (secondary N) is 3. The van der Waals surface area contributed by atoms with Crippen LogP contribution in [0.2, 0.25) is 0 Å². The summed E-state index contributed by atoms with van der Waals surface area (Å²) in [6.07, 6.45) is -1.15. The zero-order valence-corrected chi connectivity index (χ0v) is 32.8. The number of benzene rings is 2. The highest BCUT2D eigenvalue weighted by Gasteiger charge is 2.43. The molecule has 0 spiro atoms. The summed E-state index contributed by atoms with van der Waals surface area (Å²) in [4.78, 5) is 41.5. The van der Waals surface area contributed by atoms with Crippen LogP contribution in [-0.2, 0) is 32.0 Å². The summed E-state index contributed by atoms with van der Waals surface area (Å²) in [7, 11) is 3.16. The van der Waals surface area contributed by atoms with Gasteiger partial charge in [0.05, 0.1) is 19.3 Å². The van der Waals surface area contributed by atoms with Crippen molar-refractivity contribution in [3.8, 4) is 5.75 Å². The first-order chi connectivity index (χ1) is 26.5. The third-order valence-corrected chi connectivity index (χ3v) is 11.0. The standard InChI is InChI=1S/C39H50F3N5O8S/c1-38(2,3)33(44-36(50)52-5)34(49)45-47(20-25-10-14-28(15-11-25)55-39(40,41)42)22-31(48)30(43-37(51)54-32-23-56-35-29(32)16-18-53-35)19-24-8-12-26(13-9-24)27-7-6-17-46(4)21-27/h6-15,17,29-33,35,48H,16,18-23H2,1-5H3,(H,43,51)(H,44,50)(H,45,49). The third-order valence-electron chi connectivity index (χ3n) is 9.63. The number of halogens is 3. The number of alkyl halides is 3. The smallest absolute Gasteiger partial charge is 0.453 e. The number of carbonyl (C=O) groups is 3. The molecule has 3 aliphatic heterocycles. The number of rotatable bonds is 14. The number of allylic oxidation sites excluding steroid dienone is 2. The largest absolute Gasteiger partial charge is 0.573 e. The molecule has 0 saturated carbocycles. The first kappa shape index (κ1) is 42.7. The van der Waals surface area contributed by atoms with Crippen molar-refractivity contribution in [1.29, 1.82) is 0 Å². The Labute approximate surface area is 328 Å². The molecule has 306 valence electrons. The lowest BCUT2D eigenvalue weighted by Crippen LogP contribution is -2.59. The lowest BCUT2D eigenvalue weighted by atomic mass is 9.86. The van der Waals surface area contributed by atoms with E-state index in [-0.39, 0.29) is 37.0 Å². The molecular weight excluding hydrogens is 756 g/mol. The zero-order valence-electron chi connectivity index (χ0n) is 32.0. The molecule has 2 fully saturated rings. The quantitative estimate of drug-likeness (QED) is 0.187. The second-order valence-electron chi connectivity index (χ2n) is 15.1. The van der Waals surface area contributed by atoms with E-state index < -0.39 is 53.8 Å². The molecule has 17 heteroatoms. The predicted octanol–water partition coefficient (Wildman–Crippen LogP) is 5.21. The number of fused-ring (bicyclic) bond motifs is 1. The number of carbonyl (C=O) groups excluding carboxylic acids is 3. The van der Waals surface area contributed by atoms with Crippen LogP contribution in [-0.4, -0.2) is 109 Å². The number of thioether (sulfide) groups is 1. The fraction of sp³-hybridized carbons (Fsp3) is 0.513. The normalized spacial score (nSPS) is 21.1. The van der Waals surface area contributed by atoms with E-state index in [0.717, 1.165) is 41.8 Å². The topological polar surface area (TPSA) is 151 Å². The Kier molecular flexibility index (Phi) is 14.2. The minimum Gasteiger partial charge on any atom is -0.453 e. The minimum atomic E-state index is -4.88. The van der Waals surface area contributed by atoms with E-state index in [4.69, 9.17) is 14.2 Å². The Morgan fingerprint density at radius 3 is 2.38 bits per heavy atom. The van der Waals surface area contributed by atoms with Crippen LogP contribution in [0.4, 0.5) is 22.8 Å². The fourth-order valence-electron chi connectivity index (χ4n) is 6.72. The van der Waals surface area contributed by atoms with Gasteiger partial charge in [-0.1, -0.05) is 63.2 Å². The van der Waals surface area contributed by atoms with Crippen LogP contribution in [0.5, 0.6) is 5.75 Å². The van der Waals surface area contributed by atoms with Crippen molar-refractivity contribution >= 4 is 35.4 Å². The number of hydrogen-bond donors (Lipinski definition) is 4. The van der Waals surface area contributed by atoms with E-state index >= 15 is 0 Å². The molecule has 0 bridgehead atoms. The van der Waals surface area contributed by atoms with Crippen molar-refractivity contribution in [2.45, 2.75) is 76.2 Å². The van der Waals surface area contributed by atoms with Gasteiger partial charge in [0.2, 0.25) is 0 Å². The average Bonchev–Trinajstić information content (AvgIpc) is 3.75. The van der Waals surface area contributed by atoms with Gasteiger partial charge in [0.25, 0.3) is 5.91 Å². The van der Waals surface area contributed by atoms with Gasteiger partial charge in [-0.25, -0.2) is 14.6 Å². The first-order valence-electron chi connectivity index (χ1n) is 18.3. The van der Waals surface area contributed by atoms with Gasteiger partial charge in [0.15, 0.2) is 0 Å². The van der Waals surface area contributed by atoms with Crippen LogP contribution < -0.4 is 20.8 Å². The second-order valence-corrected chi connectivity index (χ2v) is 16.3. The number of likely N-dealkylation sites (N-methyl/N-ethyl adjacent to an activating group) is 1. The van der Waals surface area contributed by atoms with Gasteiger partial charge < -0.3 is 39.6 Å². The Bertz CT molecular complexity index is 1720. The highest BCUT2D eigenvalue weighted by Crippen LogP contribution is 2.41. The van der Waals surface area contributed by atoms with E-state index in [1.165, 1.54) is 24.3 Å². The molecule has 13 nitrogen and oxygen atoms in total. The molecule has 6 atom stereocenters. The number of hydrogen-bond acceptors (Lipinski definition) is 11. The summed E-state index contributed by atoms with van der Waals surface area (Å²) in [6.45, 7) is 6.21. The molecule has 6 unspecified atom stereocenters. The molecule has 2 aromatic carbocycles. The minimum absolute atomic E-state index is 0.0286. The lowest BCUT2D eigenvalue weighted by Gasteiger charge is -2.34. The molecule has 3 heterocycles. The van der Waals surface area contributed by atoms with Gasteiger partial charge in [0, 0.05) is 45.0 Å². The SMILES string of the molecule is COC(=O)NC(C(=O)NN(Cc1ccc(OC(F)(F)F)cc1)CC(O)C(Cc1ccc(C2=CC=CN(C)C2)cc1)NC(=O)OC1CSC2OCCC12)C(C)(C)C. The molecule has 3 aliphatic rings. The van der Waals surface area contributed by atoms with E-state index in [2.05, 4.69) is 25.7 Å². The highest BCUT2D eigenvalue weighted by molar-refractivity contribution is 8.00. The van der Waals surface area contributed by atoms with Crippen molar-refractivity contribution in [3.05, 3.63) is 83.6 Å². The van der Waals surface area contributed by atoms with Gasteiger partial charge in [-0.3, -0.25) is 10.2 Å². The van der Waals surface area contributed by atoms with Crippen molar-refractivity contribution in [1.82, 2.24) is 26.0 Å². The number of ether oxygens (including phenoxy) is 4. The summed E-state index contributed by atoms with van der Waals surface area (Å²) in [5.41, 5.74) is 5.37. The summed E-state index contributed by atoms with van der Waals surface area (Å²) in [5.74, 6) is -0.423. The molecule has 56 heavy (non-hydrogen) atoms. The fourth-order valence-corrected chi connectivity index (χ4v) is 8.17. The summed E-state index contributed by atoms with van der Waals surface area (Å²) in [6, 6.07) is 10.8. The van der Waals surface area contributed by atoms with Crippen LogP contribution in [0.25, 0.3) is 5.57 Å². The predicted molar refractivity (Wildman–Crippen MR) is 204 cm³/mol. The lowest BCUT2D eigenvalue weighted by molar-refractivity contribution is -0.274. The molecule has 3 amide bonds. The van der Waals surface area contributed by atoms with Gasteiger partial charge in [-0.2, -0.15) is 0 Å². The number of aliphatic hydroxyl groups excluding tert-OH is 1. The summed E-state index contributed by atoms with van der Waals surface area (Å²) < 4.78 is 58.9. The Balaban J connectivity index is 1.38. The maximum atomic E-state index is 13.8. The van der Waals surface area contributed by atoms with E-state index in [1.54, 1.807) is 32.5 Å². The molecule has 5 rings (SSSR count). The number of hydrazine groups is 1. The monoisotopic (exact) mass is 805 g/mol. The molecule has 0 aliphatic carbocycles. The molecule has 2 aromatic rings. The van der Waals surface area contributed by atoms with Crippen molar-refractivity contribution in [3.63, 3.8) is 0 Å². The number of nitrogens with zero attached hydrogens (tertiary/aromatic N) is 2. The molecule has 0 radical (unpaired) electrons. The maximum Gasteiger partial charge on any atom is 0.573 e. The molecule has 0 aromatic heterocycles. The van der Waals surface area contributed by atoms with Gasteiger partial charge >= 0.3 is 18.5 Å². The number of alkyl carbamates (subject to hydrolysis) is 2. The van der Waals surface area contributed by atoms with Crippen LogP contribution >= 0.6 is 11.8 Å². The Morgan fingerprint density at radius 2 is 1.73 bits per heavy atom. The highest BCUT2D eigenvalue weighted by atomic mass is 32.2. The molecule has 4 N–H and O–H groups in total. The molecular formula is C39H50F3N5O8S. The van der Waals surface area contributed by atoms with Crippen molar-refractivity contribution in [2.24, 2.45) is 11.3 Å². The Morgan fingerprint density at radius 1 is 1.04 bits per heavy atom. The first-order valence-corrected chi connectivity index (χ1v) is 19.3. The number of methoxy groups -OCH3 is 1. The Hall–Kier alpha value is -4.45. The van der Waals surface area contributed by atoms with E-state index in [9.17, 15) is 32.7 Å². The van der Waals surface area contributed by atoms with Crippen LogP contribution in [0.3, 0.4) is 0 Å².